The van der Waals surface area contributed by atoms with Gasteiger partial charge in [0.1, 0.15) is 5.75 Å². The molecule has 0 bridgehead atoms. The van der Waals surface area contributed by atoms with Gasteiger partial charge in [0.2, 0.25) is 0 Å². The lowest BCUT2D eigenvalue weighted by Gasteiger charge is -2.26. The Hall–Kier alpha value is -0.730. The van der Waals surface area contributed by atoms with Gasteiger partial charge < -0.3 is 10.5 Å². The Labute approximate surface area is 121 Å². The van der Waals surface area contributed by atoms with Crippen LogP contribution in [0.3, 0.4) is 0 Å². The van der Waals surface area contributed by atoms with Crippen LogP contribution >= 0.6 is 11.6 Å². The van der Waals surface area contributed by atoms with Gasteiger partial charge in [-0.3, -0.25) is 0 Å². The van der Waals surface area contributed by atoms with Gasteiger partial charge in [-0.25, -0.2) is 0 Å². The van der Waals surface area contributed by atoms with Gasteiger partial charge >= 0.3 is 0 Å². The van der Waals surface area contributed by atoms with Gasteiger partial charge in [0.15, 0.2) is 0 Å². The smallest absolute Gasteiger partial charge is 0.137 e. The second-order valence-corrected chi connectivity index (χ2v) is 5.93. The molecule has 0 aliphatic heterocycles. The Morgan fingerprint density at radius 1 is 1.16 bits per heavy atom. The van der Waals surface area contributed by atoms with E-state index in [1.165, 1.54) is 44.9 Å². The van der Waals surface area contributed by atoms with Crippen molar-refractivity contribution >= 4 is 11.6 Å². The number of rotatable bonds is 3. The Morgan fingerprint density at radius 2 is 1.79 bits per heavy atom. The molecule has 2 N–H and O–H groups in total. The zero-order valence-corrected chi connectivity index (χ0v) is 12.5. The van der Waals surface area contributed by atoms with Crippen molar-refractivity contribution in [3.05, 3.63) is 28.8 Å². The van der Waals surface area contributed by atoms with Crippen LogP contribution < -0.4 is 10.5 Å². The second-order valence-electron chi connectivity index (χ2n) is 5.52. The molecule has 0 heterocycles. The number of hydrogen-bond acceptors (Lipinski definition) is 2. The van der Waals surface area contributed by atoms with E-state index >= 15 is 0 Å². The van der Waals surface area contributed by atoms with Gasteiger partial charge in [0.05, 0.1) is 12.1 Å². The highest BCUT2D eigenvalue weighted by molar-refractivity contribution is 6.32. The number of ether oxygens (including phenoxy) is 1. The first-order valence-corrected chi connectivity index (χ1v) is 7.69. The first kappa shape index (κ1) is 14.7. The maximum absolute atomic E-state index is 6.45. The normalized spacial score (nSPS) is 19.5. The summed E-state index contributed by atoms with van der Waals surface area (Å²) in [4.78, 5) is 0. The van der Waals surface area contributed by atoms with Crippen molar-refractivity contribution in [2.24, 2.45) is 11.7 Å². The summed E-state index contributed by atoms with van der Waals surface area (Å²) in [6.45, 7) is 0. The second kappa shape index (κ2) is 7.16. The standard InChI is InChI=1S/C16H24ClNO/c1-19-15-10-9-13(11-14(15)17)16(18)12-7-5-3-2-4-6-8-12/h9-12,16H,2-8,18H2,1H3. The zero-order valence-electron chi connectivity index (χ0n) is 11.7. The molecular formula is C16H24ClNO. The van der Waals surface area contributed by atoms with Crippen molar-refractivity contribution in [1.82, 2.24) is 0 Å². The molecule has 0 amide bonds. The average molecular weight is 282 g/mol. The minimum Gasteiger partial charge on any atom is -0.495 e. The third-order valence-electron chi connectivity index (χ3n) is 4.22. The monoisotopic (exact) mass is 281 g/mol. The Balaban J connectivity index is 2.08. The van der Waals surface area contributed by atoms with Crippen LogP contribution in [0, 0.1) is 5.92 Å². The number of methoxy groups -OCH3 is 1. The van der Waals surface area contributed by atoms with E-state index < -0.39 is 0 Å². The highest BCUT2D eigenvalue weighted by Crippen LogP contribution is 2.34. The highest BCUT2D eigenvalue weighted by Gasteiger charge is 2.21. The predicted molar refractivity (Wildman–Crippen MR) is 80.7 cm³/mol. The third-order valence-corrected chi connectivity index (χ3v) is 4.51. The van der Waals surface area contributed by atoms with Crippen molar-refractivity contribution in [3.8, 4) is 5.75 Å². The van der Waals surface area contributed by atoms with Crippen LogP contribution in [0.15, 0.2) is 18.2 Å². The molecule has 1 aromatic rings. The molecule has 0 radical (unpaired) electrons. The molecular weight excluding hydrogens is 258 g/mol. The molecule has 0 spiro atoms. The fourth-order valence-electron chi connectivity index (χ4n) is 3.01. The first-order chi connectivity index (χ1) is 9.22. The van der Waals surface area contributed by atoms with Gasteiger partial charge in [0.25, 0.3) is 0 Å². The molecule has 1 aliphatic rings. The van der Waals surface area contributed by atoms with Crippen LogP contribution in [0.25, 0.3) is 0 Å². The molecule has 3 heteroatoms. The van der Waals surface area contributed by atoms with E-state index in [2.05, 4.69) is 0 Å². The molecule has 2 rings (SSSR count). The fourth-order valence-corrected chi connectivity index (χ4v) is 3.28. The van der Waals surface area contributed by atoms with E-state index in [0.717, 1.165) is 11.3 Å². The minimum absolute atomic E-state index is 0.0986. The van der Waals surface area contributed by atoms with Crippen LogP contribution in [0.2, 0.25) is 5.02 Å². The maximum atomic E-state index is 6.45. The minimum atomic E-state index is 0.0986. The van der Waals surface area contributed by atoms with Gasteiger partial charge in [-0.1, -0.05) is 49.8 Å². The lowest BCUT2D eigenvalue weighted by molar-refractivity contribution is 0.327. The van der Waals surface area contributed by atoms with Gasteiger partial charge in [-0.2, -0.15) is 0 Å². The maximum Gasteiger partial charge on any atom is 0.137 e. The van der Waals surface area contributed by atoms with Gasteiger partial charge in [-0.05, 0) is 36.5 Å². The fraction of sp³-hybridized carbons (Fsp3) is 0.625. The SMILES string of the molecule is COc1ccc(C(N)C2CCCCCCC2)cc1Cl. The summed E-state index contributed by atoms with van der Waals surface area (Å²) in [5.74, 6) is 1.31. The number of nitrogens with two attached hydrogens (primary N) is 1. The van der Waals surface area contributed by atoms with E-state index in [9.17, 15) is 0 Å². The van der Waals surface area contributed by atoms with Crippen molar-refractivity contribution in [3.63, 3.8) is 0 Å². The quantitative estimate of drug-likeness (QED) is 0.871. The molecule has 106 valence electrons. The van der Waals surface area contributed by atoms with Gasteiger partial charge in [0, 0.05) is 6.04 Å². The summed E-state index contributed by atoms with van der Waals surface area (Å²) in [5.41, 5.74) is 7.59. The summed E-state index contributed by atoms with van der Waals surface area (Å²) in [6, 6.07) is 6.03. The van der Waals surface area contributed by atoms with Crippen molar-refractivity contribution in [2.45, 2.75) is 51.0 Å². The van der Waals surface area contributed by atoms with E-state index in [0.29, 0.717) is 10.9 Å². The first-order valence-electron chi connectivity index (χ1n) is 7.31. The molecule has 1 atom stereocenters. The average Bonchev–Trinajstić information content (AvgIpc) is 2.37. The Kier molecular flexibility index (Phi) is 5.53. The summed E-state index contributed by atoms with van der Waals surface area (Å²) in [5, 5.41) is 0.654. The molecule has 1 saturated carbocycles. The van der Waals surface area contributed by atoms with Crippen LogP contribution in [-0.2, 0) is 0 Å². The molecule has 0 aromatic heterocycles. The molecule has 1 fully saturated rings. The largest absolute Gasteiger partial charge is 0.495 e. The predicted octanol–water partition coefficient (Wildman–Crippen LogP) is 4.71. The van der Waals surface area contributed by atoms with E-state index in [4.69, 9.17) is 22.1 Å². The van der Waals surface area contributed by atoms with Crippen LogP contribution in [-0.4, -0.2) is 7.11 Å². The van der Waals surface area contributed by atoms with E-state index in [-0.39, 0.29) is 6.04 Å². The van der Waals surface area contributed by atoms with E-state index in [1.807, 2.05) is 18.2 Å². The molecule has 1 aromatic carbocycles. The Morgan fingerprint density at radius 3 is 2.37 bits per heavy atom. The van der Waals surface area contributed by atoms with Crippen LogP contribution in [0.5, 0.6) is 5.75 Å². The number of halogens is 1. The Bertz CT molecular complexity index is 400. The topological polar surface area (TPSA) is 35.2 Å². The zero-order chi connectivity index (χ0) is 13.7. The lowest BCUT2D eigenvalue weighted by atomic mass is 9.83. The van der Waals surface area contributed by atoms with Crippen molar-refractivity contribution in [2.75, 3.05) is 7.11 Å². The van der Waals surface area contributed by atoms with Crippen molar-refractivity contribution in [1.29, 1.82) is 0 Å². The summed E-state index contributed by atoms with van der Waals surface area (Å²) < 4.78 is 5.19. The molecule has 0 saturated heterocycles. The lowest BCUT2D eigenvalue weighted by Crippen LogP contribution is -2.22. The molecule has 1 unspecified atom stereocenters. The molecule has 2 nitrogen and oxygen atoms in total. The van der Waals surface area contributed by atoms with Gasteiger partial charge in [-0.15, -0.1) is 0 Å². The highest BCUT2D eigenvalue weighted by atomic mass is 35.5. The molecule has 19 heavy (non-hydrogen) atoms. The number of benzene rings is 1. The van der Waals surface area contributed by atoms with Crippen LogP contribution in [0.1, 0.15) is 56.6 Å². The van der Waals surface area contributed by atoms with Crippen LogP contribution in [0.4, 0.5) is 0 Å². The molecule has 1 aliphatic carbocycles. The number of hydrogen-bond donors (Lipinski definition) is 1. The summed E-state index contributed by atoms with van der Waals surface area (Å²) in [6.07, 6.45) is 9.19. The third kappa shape index (κ3) is 3.87. The van der Waals surface area contributed by atoms with E-state index in [1.54, 1.807) is 7.11 Å². The summed E-state index contributed by atoms with van der Waals surface area (Å²) in [7, 11) is 1.63. The summed E-state index contributed by atoms with van der Waals surface area (Å²) >= 11 is 6.19. The van der Waals surface area contributed by atoms with Crippen molar-refractivity contribution < 1.29 is 4.74 Å².